The number of morpholine rings is 1. The number of aliphatic hydroxyl groups is 1. The van der Waals surface area contributed by atoms with Gasteiger partial charge in [0.05, 0.1) is 44.3 Å². The second kappa shape index (κ2) is 11.4. The SMILES string of the molecule is CCOc1ccc(C2C(C(=O)c3ccco3)=C(O)C(=O)N2CCCN2CCOCC2)cc1OCC. The average molecular weight is 485 g/mol. The molecule has 3 heterocycles. The van der Waals surface area contributed by atoms with Gasteiger partial charge in [0.25, 0.3) is 5.91 Å². The molecule has 1 aromatic carbocycles. The molecular weight excluding hydrogens is 452 g/mol. The summed E-state index contributed by atoms with van der Waals surface area (Å²) in [4.78, 5) is 30.3. The van der Waals surface area contributed by atoms with E-state index in [0.29, 0.717) is 56.5 Å². The first kappa shape index (κ1) is 24.8. The van der Waals surface area contributed by atoms with Gasteiger partial charge < -0.3 is 28.6 Å². The Hall–Kier alpha value is -3.30. The minimum absolute atomic E-state index is 0.00271. The molecule has 0 radical (unpaired) electrons. The Balaban J connectivity index is 1.66. The summed E-state index contributed by atoms with van der Waals surface area (Å²) in [5, 5.41) is 10.8. The van der Waals surface area contributed by atoms with Crippen molar-refractivity contribution < 1.29 is 33.3 Å². The number of furan rings is 1. The molecule has 0 aliphatic carbocycles. The molecule has 2 aliphatic rings. The number of amides is 1. The summed E-state index contributed by atoms with van der Waals surface area (Å²) in [5.74, 6) is -0.477. The Kier molecular flexibility index (Phi) is 8.09. The minimum atomic E-state index is -0.778. The number of Topliss-reactive ketones (excluding diaryl/α,β-unsaturated/α-hetero) is 1. The highest BCUT2D eigenvalue weighted by Gasteiger charge is 2.44. The Bertz CT molecular complexity index is 1060. The highest BCUT2D eigenvalue weighted by molar-refractivity contribution is 6.15. The molecule has 1 saturated heterocycles. The molecule has 9 heteroatoms. The van der Waals surface area contributed by atoms with Crippen LogP contribution in [0.3, 0.4) is 0 Å². The summed E-state index contributed by atoms with van der Waals surface area (Å²) in [6.07, 6.45) is 2.08. The lowest BCUT2D eigenvalue weighted by molar-refractivity contribution is -0.129. The topological polar surface area (TPSA) is 102 Å². The third-order valence-corrected chi connectivity index (χ3v) is 6.15. The number of hydrogen-bond donors (Lipinski definition) is 1. The molecule has 1 N–H and O–H groups in total. The third kappa shape index (κ3) is 5.36. The predicted molar refractivity (Wildman–Crippen MR) is 128 cm³/mol. The number of ketones is 1. The van der Waals surface area contributed by atoms with Crippen LogP contribution in [0, 0.1) is 0 Å². The van der Waals surface area contributed by atoms with Gasteiger partial charge in [0, 0.05) is 26.2 Å². The standard InChI is InChI=1S/C26H32N2O7/c1-3-33-19-9-8-18(17-21(19)34-4-2)23-22(24(29)20-7-5-14-35-20)25(30)26(31)28(23)11-6-10-27-12-15-32-16-13-27/h5,7-9,14,17,23,30H,3-4,6,10-13,15-16H2,1-2H3. The molecule has 35 heavy (non-hydrogen) atoms. The first-order valence-electron chi connectivity index (χ1n) is 12.1. The fraction of sp³-hybridized carbons (Fsp3) is 0.462. The molecule has 1 aromatic heterocycles. The van der Waals surface area contributed by atoms with Crippen molar-refractivity contribution in [1.82, 2.24) is 9.80 Å². The van der Waals surface area contributed by atoms with Crippen LogP contribution in [-0.4, -0.2) is 79.2 Å². The van der Waals surface area contributed by atoms with E-state index in [-0.39, 0.29) is 11.3 Å². The van der Waals surface area contributed by atoms with E-state index in [1.165, 1.54) is 12.3 Å². The lowest BCUT2D eigenvalue weighted by Gasteiger charge is -2.30. The first-order chi connectivity index (χ1) is 17.0. The van der Waals surface area contributed by atoms with Crippen LogP contribution < -0.4 is 9.47 Å². The van der Waals surface area contributed by atoms with Crippen LogP contribution in [0.4, 0.5) is 0 Å². The van der Waals surface area contributed by atoms with Crippen LogP contribution in [0.15, 0.2) is 52.3 Å². The highest BCUT2D eigenvalue weighted by Crippen LogP contribution is 2.42. The van der Waals surface area contributed by atoms with Crippen LogP contribution in [0.25, 0.3) is 0 Å². The van der Waals surface area contributed by atoms with Gasteiger partial charge in [-0.3, -0.25) is 14.5 Å². The van der Waals surface area contributed by atoms with Gasteiger partial charge in [-0.2, -0.15) is 0 Å². The molecule has 9 nitrogen and oxygen atoms in total. The number of benzene rings is 1. The zero-order chi connectivity index (χ0) is 24.8. The molecule has 2 aromatic rings. The van der Waals surface area contributed by atoms with Crippen LogP contribution in [0.1, 0.15) is 42.4 Å². The Morgan fingerprint density at radius 3 is 2.51 bits per heavy atom. The maximum absolute atomic E-state index is 13.3. The third-order valence-electron chi connectivity index (χ3n) is 6.15. The number of nitrogens with zero attached hydrogens (tertiary/aromatic N) is 2. The van der Waals surface area contributed by atoms with Crippen LogP contribution in [-0.2, 0) is 9.53 Å². The monoisotopic (exact) mass is 484 g/mol. The van der Waals surface area contributed by atoms with Gasteiger partial charge in [-0.05, 0) is 50.1 Å². The molecular formula is C26H32N2O7. The summed E-state index contributed by atoms with van der Waals surface area (Å²) < 4.78 is 22.2. The summed E-state index contributed by atoms with van der Waals surface area (Å²) in [6.45, 7) is 8.90. The quantitative estimate of drug-likeness (QED) is 0.485. The second-order valence-electron chi connectivity index (χ2n) is 8.35. The van der Waals surface area contributed by atoms with Crippen molar-refractivity contribution in [3.63, 3.8) is 0 Å². The zero-order valence-electron chi connectivity index (χ0n) is 20.2. The van der Waals surface area contributed by atoms with Gasteiger partial charge in [0.2, 0.25) is 5.78 Å². The van der Waals surface area contributed by atoms with Crippen molar-refractivity contribution in [3.05, 3.63) is 59.3 Å². The summed E-state index contributed by atoms with van der Waals surface area (Å²) in [6, 6.07) is 7.68. The molecule has 1 fully saturated rings. The average Bonchev–Trinajstić information content (AvgIpc) is 3.49. The van der Waals surface area contributed by atoms with Crippen molar-refractivity contribution in [1.29, 1.82) is 0 Å². The molecule has 1 amide bonds. The normalized spacial score (nSPS) is 18.9. The summed E-state index contributed by atoms with van der Waals surface area (Å²) in [7, 11) is 0. The van der Waals surface area contributed by atoms with E-state index in [1.54, 1.807) is 29.2 Å². The molecule has 0 bridgehead atoms. The van der Waals surface area contributed by atoms with E-state index in [1.807, 2.05) is 13.8 Å². The van der Waals surface area contributed by atoms with E-state index in [4.69, 9.17) is 18.6 Å². The second-order valence-corrected chi connectivity index (χ2v) is 8.35. The largest absolute Gasteiger partial charge is 0.503 e. The van der Waals surface area contributed by atoms with E-state index in [9.17, 15) is 14.7 Å². The maximum Gasteiger partial charge on any atom is 0.290 e. The minimum Gasteiger partial charge on any atom is -0.503 e. The molecule has 0 saturated carbocycles. The fourth-order valence-corrected chi connectivity index (χ4v) is 4.53. The molecule has 188 valence electrons. The summed E-state index contributed by atoms with van der Waals surface area (Å²) in [5.41, 5.74) is 0.651. The number of carbonyl (C=O) groups excluding carboxylic acids is 2. The Morgan fingerprint density at radius 2 is 1.83 bits per heavy atom. The molecule has 1 atom stereocenters. The van der Waals surface area contributed by atoms with E-state index in [2.05, 4.69) is 4.90 Å². The first-order valence-corrected chi connectivity index (χ1v) is 12.1. The van der Waals surface area contributed by atoms with Gasteiger partial charge in [-0.25, -0.2) is 0 Å². The zero-order valence-corrected chi connectivity index (χ0v) is 20.2. The number of rotatable bonds is 11. The highest BCUT2D eigenvalue weighted by atomic mass is 16.5. The lowest BCUT2D eigenvalue weighted by atomic mass is 9.94. The number of aliphatic hydroxyl groups excluding tert-OH is 1. The maximum atomic E-state index is 13.3. The smallest absolute Gasteiger partial charge is 0.290 e. The predicted octanol–water partition coefficient (Wildman–Crippen LogP) is 3.38. The molecule has 4 rings (SSSR count). The van der Waals surface area contributed by atoms with Crippen molar-refractivity contribution in [2.75, 3.05) is 52.6 Å². The summed E-state index contributed by atoms with van der Waals surface area (Å²) >= 11 is 0. The van der Waals surface area contributed by atoms with Gasteiger partial charge in [-0.1, -0.05) is 6.07 Å². The van der Waals surface area contributed by atoms with Gasteiger partial charge in [-0.15, -0.1) is 0 Å². The van der Waals surface area contributed by atoms with Crippen LogP contribution in [0.2, 0.25) is 0 Å². The number of hydrogen-bond acceptors (Lipinski definition) is 8. The van der Waals surface area contributed by atoms with Crippen molar-refractivity contribution >= 4 is 11.7 Å². The molecule has 0 spiro atoms. The van der Waals surface area contributed by atoms with Gasteiger partial charge in [0.15, 0.2) is 23.0 Å². The van der Waals surface area contributed by atoms with E-state index in [0.717, 1.165) is 19.6 Å². The van der Waals surface area contributed by atoms with Crippen molar-refractivity contribution in [2.24, 2.45) is 0 Å². The van der Waals surface area contributed by atoms with Crippen LogP contribution in [0.5, 0.6) is 11.5 Å². The van der Waals surface area contributed by atoms with Crippen molar-refractivity contribution in [3.8, 4) is 11.5 Å². The number of ether oxygens (including phenoxy) is 3. The lowest BCUT2D eigenvalue weighted by Crippen LogP contribution is -2.39. The number of carbonyl (C=O) groups is 2. The van der Waals surface area contributed by atoms with E-state index < -0.39 is 23.5 Å². The Labute approximate surface area is 204 Å². The van der Waals surface area contributed by atoms with Crippen molar-refractivity contribution in [2.45, 2.75) is 26.3 Å². The van der Waals surface area contributed by atoms with Gasteiger partial charge in [0.1, 0.15) is 0 Å². The fourth-order valence-electron chi connectivity index (χ4n) is 4.53. The Morgan fingerprint density at radius 1 is 1.09 bits per heavy atom. The van der Waals surface area contributed by atoms with E-state index >= 15 is 0 Å². The van der Waals surface area contributed by atoms with Crippen LogP contribution >= 0.6 is 0 Å². The molecule has 2 aliphatic heterocycles. The van der Waals surface area contributed by atoms with Gasteiger partial charge >= 0.3 is 0 Å². The molecule has 1 unspecified atom stereocenters.